The van der Waals surface area contributed by atoms with Gasteiger partial charge in [0.1, 0.15) is 5.82 Å². The zero-order valence-electron chi connectivity index (χ0n) is 14.5. The zero-order valence-corrected chi connectivity index (χ0v) is 14.5. The molecule has 1 aromatic carbocycles. The van der Waals surface area contributed by atoms with Crippen LogP contribution in [0, 0.1) is 6.92 Å². The minimum Gasteiger partial charge on any atom is -0.346 e. The number of hydrogen-bond acceptors (Lipinski definition) is 3. The Bertz CT molecular complexity index is 775. The summed E-state index contributed by atoms with van der Waals surface area (Å²) in [6, 6.07) is 7.63. The fourth-order valence-electron chi connectivity index (χ4n) is 3.19. The molecule has 1 N–H and O–H groups in total. The molecular formula is C19H24N4O. The van der Waals surface area contributed by atoms with E-state index in [0.29, 0.717) is 5.56 Å². The Balaban J connectivity index is 1.77. The minimum atomic E-state index is -0.0466. The van der Waals surface area contributed by atoms with E-state index < -0.39 is 0 Å². The van der Waals surface area contributed by atoms with E-state index in [9.17, 15) is 4.79 Å². The first kappa shape index (κ1) is 16.4. The fraction of sp³-hybridized carbons (Fsp3) is 0.421. The molecule has 0 saturated carbocycles. The second kappa shape index (κ2) is 6.99. The van der Waals surface area contributed by atoms with Crippen LogP contribution in [0.1, 0.15) is 48.8 Å². The predicted octanol–water partition coefficient (Wildman–Crippen LogP) is 3.41. The summed E-state index contributed by atoms with van der Waals surface area (Å²) < 4.78 is 1.74. The van der Waals surface area contributed by atoms with Crippen LogP contribution in [0.15, 0.2) is 35.9 Å². The van der Waals surface area contributed by atoms with Crippen LogP contribution in [0.25, 0.3) is 11.4 Å². The van der Waals surface area contributed by atoms with Gasteiger partial charge < -0.3 is 5.32 Å². The van der Waals surface area contributed by atoms with E-state index in [2.05, 4.69) is 28.4 Å². The first-order valence-corrected chi connectivity index (χ1v) is 8.52. The van der Waals surface area contributed by atoms with Crippen LogP contribution in [-0.2, 0) is 7.05 Å². The summed E-state index contributed by atoms with van der Waals surface area (Å²) in [4.78, 5) is 17.0. The standard InChI is InChI=1S/C19H24N4O/c1-13(15-8-5-4-6-9-15)20-19(24)17-11-7-10-16(12-17)18-21-14(2)22-23(18)3/h7-8,10-13H,4-6,9H2,1-3H3,(H,20,24)/t13-/m0/s1. The largest absolute Gasteiger partial charge is 0.346 e. The summed E-state index contributed by atoms with van der Waals surface area (Å²) in [5.41, 5.74) is 2.89. The van der Waals surface area contributed by atoms with Crippen molar-refractivity contribution >= 4 is 5.91 Å². The van der Waals surface area contributed by atoms with Crippen LogP contribution in [-0.4, -0.2) is 26.7 Å². The highest BCUT2D eigenvalue weighted by molar-refractivity contribution is 5.95. The van der Waals surface area contributed by atoms with Gasteiger partial charge in [0.15, 0.2) is 5.82 Å². The predicted molar refractivity (Wildman–Crippen MR) is 94.7 cm³/mol. The van der Waals surface area contributed by atoms with Gasteiger partial charge in [0, 0.05) is 24.2 Å². The molecule has 1 aromatic heterocycles. The van der Waals surface area contributed by atoms with Gasteiger partial charge in [-0.25, -0.2) is 9.67 Å². The topological polar surface area (TPSA) is 59.8 Å². The molecule has 0 bridgehead atoms. The van der Waals surface area contributed by atoms with Crippen LogP contribution in [0.5, 0.6) is 0 Å². The number of hydrogen-bond donors (Lipinski definition) is 1. The van der Waals surface area contributed by atoms with Crippen molar-refractivity contribution in [3.05, 3.63) is 47.3 Å². The first-order valence-electron chi connectivity index (χ1n) is 8.52. The van der Waals surface area contributed by atoms with E-state index in [0.717, 1.165) is 30.1 Å². The molecule has 1 aliphatic carbocycles. The average Bonchev–Trinajstić information content (AvgIpc) is 2.94. The Labute approximate surface area is 142 Å². The van der Waals surface area contributed by atoms with E-state index in [1.807, 2.05) is 38.2 Å². The van der Waals surface area contributed by atoms with Crippen LogP contribution < -0.4 is 5.32 Å². The van der Waals surface area contributed by atoms with Gasteiger partial charge in [-0.2, -0.15) is 5.10 Å². The Morgan fingerprint density at radius 3 is 2.83 bits per heavy atom. The van der Waals surface area contributed by atoms with Crippen molar-refractivity contribution in [3.63, 3.8) is 0 Å². The number of aryl methyl sites for hydroxylation is 2. The summed E-state index contributed by atoms with van der Waals surface area (Å²) in [6.45, 7) is 3.92. The van der Waals surface area contributed by atoms with Crippen LogP contribution in [0.4, 0.5) is 0 Å². The molecule has 0 radical (unpaired) electrons. The van der Waals surface area contributed by atoms with E-state index in [1.54, 1.807) is 4.68 Å². The van der Waals surface area contributed by atoms with Gasteiger partial charge in [-0.1, -0.05) is 23.8 Å². The maximum Gasteiger partial charge on any atom is 0.251 e. The van der Waals surface area contributed by atoms with Crippen molar-refractivity contribution in [3.8, 4) is 11.4 Å². The maximum atomic E-state index is 12.6. The SMILES string of the molecule is Cc1nc(-c2cccc(C(=O)N[C@@H](C)C3=CCCCC3)c2)n(C)n1. The van der Waals surface area contributed by atoms with Gasteiger partial charge in [-0.15, -0.1) is 0 Å². The van der Waals surface area contributed by atoms with Crippen molar-refractivity contribution < 1.29 is 4.79 Å². The molecule has 5 nitrogen and oxygen atoms in total. The fourth-order valence-corrected chi connectivity index (χ4v) is 3.19. The molecule has 1 heterocycles. The van der Waals surface area contributed by atoms with E-state index in [-0.39, 0.29) is 11.9 Å². The molecule has 5 heteroatoms. The second-order valence-electron chi connectivity index (χ2n) is 6.41. The second-order valence-corrected chi connectivity index (χ2v) is 6.41. The molecule has 0 aliphatic heterocycles. The molecule has 126 valence electrons. The molecule has 24 heavy (non-hydrogen) atoms. The highest BCUT2D eigenvalue weighted by Crippen LogP contribution is 2.21. The number of carbonyl (C=O) groups is 1. The van der Waals surface area contributed by atoms with E-state index in [1.165, 1.54) is 18.4 Å². The van der Waals surface area contributed by atoms with Crippen molar-refractivity contribution in [2.45, 2.75) is 45.6 Å². The average molecular weight is 324 g/mol. The number of aromatic nitrogens is 3. The lowest BCUT2D eigenvalue weighted by molar-refractivity contribution is 0.0944. The van der Waals surface area contributed by atoms with Crippen molar-refractivity contribution in [1.29, 1.82) is 0 Å². The Kier molecular flexibility index (Phi) is 4.79. The van der Waals surface area contributed by atoms with E-state index >= 15 is 0 Å². The van der Waals surface area contributed by atoms with Crippen LogP contribution in [0.2, 0.25) is 0 Å². The maximum absolute atomic E-state index is 12.6. The van der Waals surface area contributed by atoms with Crippen LogP contribution in [0.3, 0.4) is 0 Å². The number of carbonyl (C=O) groups excluding carboxylic acids is 1. The first-order chi connectivity index (χ1) is 11.5. The lowest BCUT2D eigenvalue weighted by Gasteiger charge is -2.21. The molecular weight excluding hydrogens is 300 g/mol. The van der Waals surface area contributed by atoms with Gasteiger partial charge in [-0.3, -0.25) is 4.79 Å². The highest BCUT2D eigenvalue weighted by Gasteiger charge is 2.16. The van der Waals surface area contributed by atoms with Crippen molar-refractivity contribution in [2.75, 3.05) is 0 Å². The third-order valence-electron chi connectivity index (χ3n) is 4.48. The number of rotatable bonds is 4. The van der Waals surface area contributed by atoms with Gasteiger partial charge in [0.25, 0.3) is 5.91 Å². The summed E-state index contributed by atoms with van der Waals surface area (Å²) >= 11 is 0. The molecule has 1 aliphatic rings. The number of amides is 1. The van der Waals surface area contributed by atoms with Crippen LogP contribution >= 0.6 is 0 Å². The van der Waals surface area contributed by atoms with Gasteiger partial charge in [0.2, 0.25) is 0 Å². The minimum absolute atomic E-state index is 0.0466. The summed E-state index contributed by atoms with van der Waals surface area (Å²) in [5, 5.41) is 7.38. The number of nitrogens with one attached hydrogen (secondary N) is 1. The normalized spacial score (nSPS) is 15.7. The zero-order chi connectivity index (χ0) is 17.1. The molecule has 2 aromatic rings. The Morgan fingerprint density at radius 2 is 2.17 bits per heavy atom. The van der Waals surface area contributed by atoms with Crippen molar-refractivity contribution in [2.24, 2.45) is 7.05 Å². The van der Waals surface area contributed by atoms with E-state index in [4.69, 9.17) is 0 Å². The quantitative estimate of drug-likeness (QED) is 0.877. The molecule has 0 spiro atoms. The molecule has 3 rings (SSSR count). The molecule has 1 atom stereocenters. The van der Waals surface area contributed by atoms with Crippen molar-refractivity contribution in [1.82, 2.24) is 20.1 Å². The summed E-state index contributed by atoms with van der Waals surface area (Å²) in [5.74, 6) is 1.44. The lowest BCUT2D eigenvalue weighted by Crippen LogP contribution is -2.34. The van der Waals surface area contributed by atoms with Gasteiger partial charge in [-0.05, 0) is 51.7 Å². The Hall–Kier alpha value is -2.43. The number of benzene rings is 1. The lowest BCUT2D eigenvalue weighted by atomic mass is 9.94. The molecule has 0 fully saturated rings. The number of allylic oxidation sites excluding steroid dienone is 1. The molecule has 0 unspecified atom stereocenters. The third kappa shape index (κ3) is 3.55. The molecule has 1 amide bonds. The summed E-state index contributed by atoms with van der Waals surface area (Å²) in [7, 11) is 1.86. The summed E-state index contributed by atoms with van der Waals surface area (Å²) in [6.07, 6.45) is 6.94. The molecule has 0 saturated heterocycles. The van der Waals surface area contributed by atoms with Gasteiger partial charge in [0.05, 0.1) is 0 Å². The third-order valence-corrected chi connectivity index (χ3v) is 4.48. The van der Waals surface area contributed by atoms with Gasteiger partial charge >= 0.3 is 0 Å². The number of nitrogens with zero attached hydrogens (tertiary/aromatic N) is 3. The monoisotopic (exact) mass is 324 g/mol. The highest BCUT2D eigenvalue weighted by atomic mass is 16.1. The Morgan fingerprint density at radius 1 is 1.33 bits per heavy atom. The smallest absolute Gasteiger partial charge is 0.251 e.